The number of alkyl halides is 3. The molecule has 1 aromatic heterocycles. The van der Waals surface area contributed by atoms with Gasteiger partial charge in [-0.1, -0.05) is 12.1 Å². The van der Waals surface area contributed by atoms with Crippen LogP contribution in [0.5, 0.6) is 5.75 Å². The summed E-state index contributed by atoms with van der Waals surface area (Å²) in [5.74, 6) is 0.518. The number of hydrogen-bond acceptors (Lipinski definition) is 7. The van der Waals surface area contributed by atoms with Gasteiger partial charge in [0, 0.05) is 37.9 Å². The first-order valence-electron chi connectivity index (χ1n) is 9.38. The normalized spacial score (nSPS) is 16.6. The van der Waals surface area contributed by atoms with Crippen LogP contribution in [0.4, 0.5) is 24.9 Å². The van der Waals surface area contributed by atoms with Gasteiger partial charge in [-0.15, -0.1) is 13.2 Å². The number of aliphatic hydroxyl groups excluding tert-OH is 1. The van der Waals surface area contributed by atoms with Crippen molar-refractivity contribution in [2.45, 2.75) is 31.7 Å². The van der Waals surface area contributed by atoms with Crippen LogP contribution in [0.3, 0.4) is 0 Å². The molecule has 0 saturated carbocycles. The Morgan fingerprint density at radius 1 is 1.21 bits per heavy atom. The zero-order chi connectivity index (χ0) is 20.7. The third-order valence-corrected chi connectivity index (χ3v) is 4.24. The largest absolute Gasteiger partial charge is 0.573 e. The minimum absolute atomic E-state index is 0.0215. The van der Waals surface area contributed by atoms with E-state index in [0.717, 1.165) is 19.4 Å². The highest BCUT2D eigenvalue weighted by molar-refractivity contribution is 5.65. The molecule has 0 aliphatic carbocycles. The highest BCUT2D eigenvalue weighted by Gasteiger charge is 2.31. The van der Waals surface area contributed by atoms with Gasteiger partial charge in [-0.3, -0.25) is 0 Å². The minimum atomic E-state index is -4.77. The summed E-state index contributed by atoms with van der Waals surface area (Å²) in [6.07, 6.45) is -2.18. The fourth-order valence-corrected chi connectivity index (χ4v) is 2.92. The number of anilines is 2. The maximum Gasteiger partial charge on any atom is 0.573 e. The summed E-state index contributed by atoms with van der Waals surface area (Å²) in [5, 5.41) is 15.2. The number of ether oxygens (including phenoxy) is 2. The monoisotopic (exact) mass is 412 g/mol. The molecule has 10 heteroatoms. The summed E-state index contributed by atoms with van der Waals surface area (Å²) in [4.78, 5) is 8.77. The predicted molar refractivity (Wildman–Crippen MR) is 102 cm³/mol. The van der Waals surface area contributed by atoms with Crippen LogP contribution in [0, 0.1) is 0 Å². The van der Waals surface area contributed by atoms with Crippen LogP contribution in [0.1, 0.15) is 19.3 Å². The second kappa shape index (κ2) is 9.75. The molecule has 1 fully saturated rings. The van der Waals surface area contributed by atoms with Crippen LogP contribution in [-0.2, 0) is 4.74 Å². The summed E-state index contributed by atoms with van der Waals surface area (Å²) in [6.45, 7) is 1.79. The molecule has 1 saturated heterocycles. The van der Waals surface area contributed by atoms with E-state index >= 15 is 0 Å². The van der Waals surface area contributed by atoms with Gasteiger partial charge in [0.25, 0.3) is 0 Å². The van der Waals surface area contributed by atoms with Crippen molar-refractivity contribution in [2.24, 2.45) is 0 Å². The van der Waals surface area contributed by atoms with Crippen molar-refractivity contribution in [1.82, 2.24) is 9.97 Å². The van der Waals surface area contributed by atoms with Crippen LogP contribution in [-0.4, -0.2) is 53.8 Å². The van der Waals surface area contributed by atoms with Crippen molar-refractivity contribution in [1.29, 1.82) is 0 Å². The lowest BCUT2D eigenvalue weighted by molar-refractivity contribution is -0.274. The van der Waals surface area contributed by atoms with Crippen molar-refractivity contribution >= 4 is 11.8 Å². The highest BCUT2D eigenvalue weighted by Crippen LogP contribution is 2.28. The van der Waals surface area contributed by atoms with E-state index in [-0.39, 0.29) is 18.5 Å². The smallest absolute Gasteiger partial charge is 0.406 e. The Labute approximate surface area is 166 Å². The molecular formula is C19H23F3N4O3. The number of rotatable bonds is 9. The lowest BCUT2D eigenvalue weighted by Gasteiger charge is -2.14. The van der Waals surface area contributed by atoms with E-state index in [1.165, 1.54) is 18.2 Å². The first kappa shape index (κ1) is 21.1. The third-order valence-electron chi connectivity index (χ3n) is 4.24. The first-order chi connectivity index (χ1) is 13.9. The van der Waals surface area contributed by atoms with Gasteiger partial charge >= 0.3 is 6.36 Å². The van der Waals surface area contributed by atoms with Gasteiger partial charge in [0.15, 0.2) is 0 Å². The Morgan fingerprint density at radius 3 is 2.79 bits per heavy atom. The van der Waals surface area contributed by atoms with Crippen molar-refractivity contribution in [2.75, 3.05) is 36.9 Å². The van der Waals surface area contributed by atoms with E-state index in [2.05, 4.69) is 25.3 Å². The molecule has 1 atom stereocenters. The van der Waals surface area contributed by atoms with E-state index in [1.54, 1.807) is 12.1 Å². The Kier molecular flexibility index (Phi) is 7.10. The third kappa shape index (κ3) is 6.75. The predicted octanol–water partition coefficient (Wildman–Crippen LogP) is 3.43. The molecule has 3 N–H and O–H groups in total. The summed E-state index contributed by atoms with van der Waals surface area (Å²) < 4.78 is 47.2. The molecule has 0 spiro atoms. The summed E-state index contributed by atoms with van der Waals surface area (Å²) in [7, 11) is 0. The van der Waals surface area contributed by atoms with Gasteiger partial charge in [-0.2, -0.15) is 4.98 Å². The average molecular weight is 412 g/mol. The zero-order valence-corrected chi connectivity index (χ0v) is 15.7. The SMILES string of the molecule is OCCCNc1nc(NC[C@@H]2CCCO2)cc(-c2cccc(OC(F)(F)F)c2)n1. The molecule has 1 aliphatic heterocycles. The number of hydrogen-bond donors (Lipinski definition) is 3. The van der Waals surface area contributed by atoms with Crippen molar-refractivity contribution in [3.8, 4) is 17.0 Å². The number of aliphatic hydroxyl groups is 1. The number of halogens is 3. The van der Waals surface area contributed by atoms with Crippen molar-refractivity contribution in [3.63, 3.8) is 0 Å². The van der Waals surface area contributed by atoms with Crippen LogP contribution < -0.4 is 15.4 Å². The molecule has 2 aromatic rings. The fourth-order valence-electron chi connectivity index (χ4n) is 2.92. The van der Waals surface area contributed by atoms with Crippen LogP contribution >= 0.6 is 0 Å². The van der Waals surface area contributed by atoms with Gasteiger partial charge in [0.05, 0.1) is 11.8 Å². The average Bonchev–Trinajstić information content (AvgIpc) is 3.19. The van der Waals surface area contributed by atoms with E-state index in [4.69, 9.17) is 9.84 Å². The molecule has 1 aromatic carbocycles. The van der Waals surface area contributed by atoms with E-state index in [1.807, 2.05) is 0 Å². The molecule has 0 radical (unpaired) electrons. The minimum Gasteiger partial charge on any atom is -0.406 e. The Bertz CT molecular complexity index is 799. The standard InChI is InChI=1S/C19H23F3N4O3/c20-19(21,22)29-14-5-1-4-13(10-14)16-11-17(24-12-15-6-2-9-28-15)26-18(25-16)23-7-3-8-27/h1,4-5,10-11,15,27H,2-3,6-9,12H2,(H2,23,24,25,26)/t15-/m0/s1. The first-order valence-corrected chi connectivity index (χ1v) is 9.38. The van der Waals surface area contributed by atoms with Gasteiger partial charge in [-0.05, 0) is 31.4 Å². The molecule has 3 rings (SSSR count). The Morgan fingerprint density at radius 2 is 2.07 bits per heavy atom. The maximum absolute atomic E-state index is 12.5. The van der Waals surface area contributed by atoms with Crippen LogP contribution in [0.25, 0.3) is 11.3 Å². The molecule has 158 valence electrons. The second-order valence-corrected chi connectivity index (χ2v) is 6.56. The van der Waals surface area contributed by atoms with Crippen LogP contribution in [0.2, 0.25) is 0 Å². The topological polar surface area (TPSA) is 88.5 Å². The molecule has 0 unspecified atom stereocenters. The van der Waals surface area contributed by atoms with Gasteiger partial charge < -0.3 is 25.2 Å². The van der Waals surface area contributed by atoms with Gasteiger partial charge in [-0.25, -0.2) is 4.98 Å². The Balaban J connectivity index is 1.82. The van der Waals surface area contributed by atoms with E-state index < -0.39 is 6.36 Å². The summed E-state index contributed by atoms with van der Waals surface area (Å²) >= 11 is 0. The zero-order valence-electron chi connectivity index (χ0n) is 15.7. The van der Waals surface area contributed by atoms with Crippen molar-refractivity contribution in [3.05, 3.63) is 30.3 Å². The molecule has 0 amide bonds. The summed E-state index contributed by atoms with van der Waals surface area (Å²) in [6, 6.07) is 7.29. The van der Waals surface area contributed by atoms with Crippen LogP contribution in [0.15, 0.2) is 30.3 Å². The number of aromatic nitrogens is 2. The lowest BCUT2D eigenvalue weighted by atomic mass is 10.1. The molecule has 1 aliphatic rings. The second-order valence-electron chi connectivity index (χ2n) is 6.56. The highest BCUT2D eigenvalue weighted by atomic mass is 19.4. The van der Waals surface area contributed by atoms with Gasteiger partial charge in [0.1, 0.15) is 11.6 Å². The number of benzene rings is 1. The van der Waals surface area contributed by atoms with Crippen molar-refractivity contribution < 1.29 is 27.8 Å². The van der Waals surface area contributed by atoms with Gasteiger partial charge in [0.2, 0.25) is 5.95 Å². The van der Waals surface area contributed by atoms with E-state index in [0.29, 0.717) is 42.5 Å². The molecule has 2 heterocycles. The molecule has 0 bridgehead atoms. The molecule has 29 heavy (non-hydrogen) atoms. The summed E-state index contributed by atoms with van der Waals surface area (Å²) in [5.41, 5.74) is 0.897. The fraction of sp³-hybridized carbons (Fsp3) is 0.474. The quantitative estimate of drug-likeness (QED) is 0.544. The number of nitrogens with zero attached hydrogens (tertiary/aromatic N) is 2. The molecule has 7 nitrogen and oxygen atoms in total. The van der Waals surface area contributed by atoms with E-state index in [9.17, 15) is 13.2 Å². The maximum atomic E-state index is 12.5. The molecular weight excluding hydrogens is 389 g/mol. The number of nitrogens with one attached hydrogen (secondary N) is 2. The lowest BCUT2D eigenvalue weighted by Crippen LogP contribution is -2.19. The Hall–Kier alpha value is -2.59.